The van der Waals surface area contributed by atoms with Crippen LogP contribution in [0.4, 0.5) is 5.69 Å². The largest absolute Gasteiger partial charge is 0.351 e. The molecular weight excluding hydrogens is 296 g/mol. The van der Waals surface area contributed by atoms with Gasteiger partial charge in [0.2, 0.25) is 5.76 Å². The van der Waals surface area contributed by atoms with Crippen LogP contribution in [0, 0.1) is 0 Å². The van der Waals surface area contributed by atoms with Gasteiger partial charge in [-0.05, 0) is 24.3 Å². The minimum atomic E-state index is -0.359. The van der Waals surface area contributed by atoms with Crippen molar-refractivity contribution in [3.63, 3.8) is 0 Å². The molecular formula is C15H10N6O2. The maximum Gasteiger partial charge on any atom is 0.294 e. The van der Waals surface area contributed by atoms with Gasteiger partial charge >= 0.3 is 0 Å². The zero-order valence-corrected chi connectivity index (χ0v) is 11.7. The molecule has 8 heteroatoms. The van der Waals surface area contributed by atoms with Crippen LogP contribution >= 0.6 is 0 Å². The van der Waals surface area contributed by atoms with E-state index in [1.807, 2.05) is 30.3 Å². The second kappa shape index (κ2) is 5.34. The van der Waals surface area contributed by atoms with Crippen LogP contribution in [0.15, 0.2) is 59.5 Å². The van der Waals surface area contributed by atoms with Gasteiger partial charge in [-0.25, -0.2) is 0 Å². The van der Waals surface area contributed by atoms with Crippen LogP contribution in [0.1, 0.15) is 10.6 Å². The molecule has 8 nitrogen and oxygen atoms in total. The Balaban J connectivity index is 1.64. The van der Waals surface area contributed by atoms with Crippen LogP contribution in [-0.2, 0) is 0 Å². The molecule has 1 N–H and O–H groups in total. The van der Waals surface area contributed by atoms with Crippen LogP contribution in [0.3, 0.4) is 0 Å². The van der Waals surface area contributed by atoms with E-state index in [1.54, 1.807) is 10.6 Å². The van der Waals surface area contributed by atoms with Crippen LogP contribution in [-0.4, -0.2) is 30.9 Å². The van der Waals surface area contributed by atoms with Crippen LogP contribution in [0.2, 0.25) is 0 Å². The van der Waals surface area contributed by atoms with Crippen molar-refractivity contribution >= 4 is 17.2 Å². The number of carbonyl (C=O) groups excluding carboxylic acids is 1. The van der Waals surface area contributed by atoms with Gasteiger partial charge in [-0.3, -0.25) is 4.79 Å². The van der Waals surface area contributed by atoms with Gasteiger partial charge in [-0.2, -0.15) is 9.61 Å². The van der Waals surface area contributed by atoms with Crippen molar-refractivity contribution in [1.82, 2.24) is 25.0 Å². The van der Waals surface area contributed by atoms with Crippen molar-refractivity contribution in [2.24, 2.45) is 0 Å². The Labute approximate surface area is 129 Å². The van der Waals surface area contributed by atoms with E-state index in [0.717, 1.165) is 11.3 Å². The minimum Gasteiger partial charge on any atom is -0.351 e. The van der Waals surface area contributed by atoms with Crippen LogP contribution in [0.5, 0.6) is 0 Å². The zero-order valence-electron chi connectivity index (χ0n) is 11.7. The molecule has 0 aliphatic rings. The third kappa shape index (κ3) is 2.53. The summed E-state index contributed by atoms with van der Waals surface area (Å²) in [4.78, 5) is 12.0. The lowest BCUT2D eigenvalue weighted by Crippen LogP contribution is -2.10. The zero-order chi connectivity index (χ0) is 15.6. The number of anilines is 1. The summed E-state index contributed by atoms with van der Waals surface area (Å²) < 4.78 is 6.42. The highest BCUT2D eigenvalue weighted by Gasteiger charge is 2.10. The normalized spacial score (nSPS) is 10.8. The molecule has 0 fully saturated rings. The molecule has 0 unspecified atom stereocenters. The van der Waals surface area contributed by atoms with E-state index in [2.05, 4.69) is 25.8 Å². The lowest BCUT2D eigenvalue weighted by Gasteiger charge is -2.06. The first kappa shape index (κ1) is 13.1. The van der Waals surface area contributed by atoms with Gasteiger partial charge in [0.25, 0.3) is 5.91 Å². The molecule has 1 amide bonds. The van der Waals surface area contributed by atoms with Crippen molar-refractivity contribution in [2.45, 2.75) is 0 Å². The van der Waals surface area contributed by atoms with Crippen molar-refractivity contribution in [3.8, 4) is 11.3 Å². The number of rotatable bonds is 3. The van der Waals surface area contributed by atoms with E-state index in [4.69, 9.17) is 4.52 Å². The molecule has 0 spiro atoms. The van der Waals surface area contributed by atoms with Gasteiger partial charge in [0, 0.05) is 17.3 Å². The van der Waals surface area contributed by atoms with Gasteiger partial charge in [0.05, 0.1) is 11.9 Å². The standard InChI is InChI=1S/C15H10N6O2/c22-15(13-6-7-17-23-13)18-11-3-1-2-10(8-11)12-4-5-14-19-16-9-21(14)20-12/h1-9H,(H,18,22). The summed E-state index contributed by atoms with van der Waals surface area (Å²) in [6.07, 6.45) is 2.96. The molecule has 4 rings (SSSR count). The summed E-state index contributed by atoms with van der Waals surface area (Å²) in [5, 5.41) is 18.4. The molecule has 4 aromatic rings. The maximum absolute atomic E-state index is 12.0. The number of aromatic nitrogens is 5. The first-order chi connectivity index (χ1) is 11.3. The van der Waals surface area contributed by atoms with E-state index in [-0.39, 0.29) is 11.7 Å². The molecule has 0 saturated heterocycles. The molecule has 0 saturated carbocycles. The summed E-state index contributed by atoms with van der Waals surface area (Å²) in [7, 11) is 0. The highest BCUT2D eigenvalue weighted by atomic mass is 16.5. The monoisotopic (exact) mass is 306 g/mol. The first-order valence-corrected chi connectivity index (χ1v) is 6.79. The van der Waals surface area contributed by atoms with E-state index < -0.39 is 0 Å². The molecule has 0 bridgehead atoms. The average Bonchev–Trinajstić information content (AvgIpc) is 3.26. The Hall–Kier alpha value is -3.55. The number of nitrogens with one attached hydrogen (secondary N) is 1. The maximum atomic E-state index is 12.0. The molecule has 0 aliphatic carbocycles. The molecule has 0 radical (unpaired) electrons. The number of fused-ring (bicyclic) bond motifs is 1. The first-order valence-electron chi connectivity index (χ1n) is 6.79. The summed E-state index contributed by atoms with van der Waals surface area (Å²) in [5.41, 5.74) is 2.90. The summed E-state index contributed by atoms with van der Waals surface area (Å²) in [6, 6.07) is 12.5. The number of hydrogen-bond donors (Lipinski definition) is 1. The summed E-state index contributed by atoms with van der Waals surface area (Å²) in [6.45, 7) is 0. The Morgan fingerprint density at radius 3 is 3.00 bits per heavy atom. The number of hydrogen-bond acceptors (Lipinski definition) is 6. The lowest BCUT2D eigenvalue weighted by molar-refractivity contribution is 0.0988. The predicted octanol–water partition coefficient (Wildman–Crippen LogP) is 2.03. The van der Waals surface area contributed by atoms with Gasteiger partial charge < -0.3 is 9.84 Å². The van der Waals surface area contributed by atoms with Gasteiger partial charge in [-0.1, -0.05) is 17.3 Å². The van der Waals surface area contributed by atoms with E-state index in [0.29, 0.717) is 11.3 Å². The minimum absolute atomic E-state index is 0.152. The molecule has 3 aromatic heterocycles. The second-order valence-electron chi connectivity index (χ2n) is 4.76. The molecule has 1 aromatic carbocycles. The number of benzene rings is 1. The smallest absolute Gasteiger partial charge is 0.294 e. The molecule has 3 heterocycles. The lowest BCUT2D eigenvalue weighted by atomic mass is 10.1. The SMILES string of the molecule is O=C(Nc1cccc(-c2ccc3nncn3n2)c1)c1ccno1. The summed E-state index contributed by atoms with van der Waals surface area (Å²) >= 11 is 0. The Morgan fingerprint density at radius 1 is 1.17 bits per heavy atom. The second-order valence-corrected chi connectivity index (χ2v) is 4.76. The third-order valence-electron chi connectivity index (χ3n) is 3.24. The average molecular weight is 306 g/mol. The molecule has 0 aliphatic heterocycles. The predicted molar refractivity (Wildman–Crippen MR) is 80.7 cm³/mol. The Morgan fingerprint density at radius 2 is 2.13 bits per heavy atom. The van der Waals surface area contributed by atoms with E-state index in [1.165, 1.54) is 18.6 Å². The van der Waals surface area contributed by atoms with Crippen LogP contribution < -0.4 is 5.32 Å². The van der Waals surface area contributed by atoms with Gasteiger partial charge in [-0.15, -0.1) is 10.2 Å². The Kier molecular flexibility index (Phi) is 3.05. The summed E-state index contributed by atoms with van der Waals surface area (Å²) in [5.74, 6) is -0.207. The Bertz CT molecular complexity index is 976. The fourth-order valence-corrected chi connectivity index (χ4v) is 2.16. The molecule has 112 valence electrons. The van der Waals surface area contributed by atoms with Crippen molar-refractivity contribution < 1.29 is 9.32 Å². The number of carbonyl (C=O) groups is 1. The van der Waals surface area contributed by atoms with Crippen LogP contribution in [0.25, 0.3) is 16.9 Å². The topological polar surface area (TPSA) is 98.2 Å². The van der Waals surface area contributed by atoms with E-state index in [9.17, 15) is 4.79 Å². The highest BCUT2D eigenvalue weighted by molar-refractivity contribution is 6.02. The number of nitrogens with zero attached hydrogens (tertiary/aromatic N) is 5. The van der Waals surface area contributed by atoms with Gasteiger partial charge in [0.1, 0.15) is 6.33 Å². The number of amides is 1. The molecule has 0 atom stereocenters. The fourth-order valence-electron chi connectivity index (χ4n) is 2.16. The highest BCUT2D eigenvalue weighted by Crippen LogP contribution is 2.21. The van der Waals surface area contributed by atoms with Crippen molar-refractivity contribution in [2.75, 3.05) is 5.32 Å². The van der Waals surface area contributed by atoms with E-state index >= 15 is 0 Å². The molecule has 23 heavy (non-hydrogen) atoms. The quantitative estimate of drug-likeness (QED) is 0.622. The van der Waals surface area contributed by atoms with Gasteiger partial charge in [0.15, 0.2) is 5.65 Å². The van der Waals surface area contributed by atoms with Crippen molar-refractivity contribution in [1.29, 1.82) is 0 Å². The van der Waals surface area contributed by atoms with Crippen molar-refractivity contribution in [3.05, 3.63) is 60.7 Å². The fraction of sp³-hybridized carbons (Fsp3) is 0. The third-order valence-corrected chi connectivity index (χ3v) is 3.24.